The van der Waals surface area contributed by atoms with Gasteiger partial charge in [-0.2, -0.15) is 0 Å². The fraction of sp³-hybridized carbons (Fsp3) is 0.455. The molecule has 0 fully saturated rings. The lowest BCUT2D eigenvalue weighted by molar-refractivity contribution is 0.186. The van der Waals surface area contributed by atoms with Crippen LogP contribution in [-0.4, -0.2) is 18.3 Å². The fourth-order valence-corrected chi connectivity index (χ4v) is 1.14. The molecule has 3 heteroatoms. The third kappa shape index (κ3) is 3.01. The van der Waals surface area contributed by atoms with Gasteiger partial charge in [0.15, 0.2) is 0 Å². The summed E-state index contributed by atoms with van der Waals surface area (Å²) < 4.78 is 5.41. The van der Waals surface area contributed by atoms with Gasteiger partial charge in [-0.15, -0.1) is 0 Å². The second kappa shape index (κ2) is 5.62. The summed E-state index contributed by atoms with van der Waals surface area (Å²) in [5, 5.41) is 9.43. The molecule has 3 N–H and O–H groups in total. The number of ether oxygens (including phenoxy) is 1. The van der Waals surface area contributed by atoms with Crippen molar-refractivity contribution in [3.63, 3.8) is 0 Å². The molecule has 0 spiro atoms. The Morgan fingerprint density at radius 3 is 2.50 bits per heavy atom. The summed E-state index contributed by atoms with van der Waals surface area (Å²) in [7, 11) is 0. The van der Waals surface area contributed by atoms with E-state index in [1.807, 2.05) is 24.3 Å². The smallest absolute Gasteiger partial charge is 0.119 e. The molecular formula is C11H17NO2. The van der Waals surface area contributed by atoms with Crippen molar-refractivity contribution in [2.24, 2.45) is 5.73 Å². The first-order chi connectivity index (χ1) is 6.77. The molecule has 0 amide bonds. The summed E-state index contributed by atoms with van der Waals surface area (Å²) in [4.78, 5) is 0. The van der Waals surface area contributed by atoms with Crippen molar-refractivity contribution in [3.8, 4) is 5.75 Å². The number of hydrogen-bond acceptors (Lipinski definition) is 3. The maximum Gasteiger partial charge on any atom is 0.119 e. The minimum atomic E-state index is -0.574. The van der Waals surface area contributed by atoms with E-state index in [0.29, 0.717) is 0 Å². The zero-order valence-electron chi connectivity index (χ0n) is 8.44. The van der Waals surface area contributed by atoms with Gasteiger partial charge < -0.3 is 15.6 Å². The quantitative estimate of drug-likeness (QED) is 0.748. The molecule has 1 unspecified atom stereocenters. The molecule has 1 atom stereocenters. The third-order valence-electron chi connectivity index (χ3n) is 1.96. The maximum absolute atomic E-state index is 9.43. The topological polar surface area (TPSA) is 55.5 Å². The minimum absolute atomic E-state index is 0.245. The second-order valence-corrected chi connectivity index (χ2v) is 3.17. The molecule has 0 heterocycles. The van der Waals surface area contributed by atoms with Crippen molar-refractivity contribution in [1.82, 2.24) is 0 Å². The molecule has 0 saturated carbocycles. The van der Waals surface area contributed by atoms with Crippen LogP contribution in [0.15, 0.2) is 24.3 Å². The summed E-state index contributed by atoms with van der Waals surface area (Å²) in [6.07, 6.45) is 0.419. The zero-order valence-corrected chi connectivity index (χ0v) is 8.44. The van der Waals surface area contributed by atoms with E-state index < -0.39 is 6.10 Å². The van der Waals surface area contributed by atoms with Gasteiger partial charge in [0, 0.05) is 6.54 Å². The average Bonchev–Trinajstić information content (AvgIpc) is 2.26. The van der Waals surface area contributed by atoms with Crippen LogP contribution in [0.4, 0.5) is 0 Å². The van der Waals surface area contributed by atoms with Crippen molar-refractivity contribution in [3.05, 3.63) is 29.8 Å². The molecule has 3 nitrogen and oxygen atoms in total. The SMILES string of the molecule is CCCOc1ccc(C(O)CN)cc1. The van der Waals surface area contributed by atoms with Crippen LogP contribution in [0, 0.1) is 0 Å². The van der Waals surface area contributed by atoms with Crippen molar-refractivity contribution in [1.29, 1.82) is 0 Å². The molecule has 0 radical (unpaired) electrons. The Hall–Kier alpha value is -1.06. The van der Waals surface area contributed by atoms with Crippen LogP contribution in [0.1, 0.15) is 25.0 Å². The van der Waals surface area contributed by atoms with E-state index in [1.54, 1.807) is 0 Å². The molecule has 0 aromatic heterocycles. The summed E-state index contributed by atoms with van der Waals surface area (Å²) >= 11 is 0. The zero-order chi connectivity index (χ0) is 10.4. The van der Waals surface area contributed by atoms with Crippen molar-refractivity contribution in [2.45, 2.75) is 19.4 Å². The highest BCUT2D eigenvalue weighted by Crippen LogP contribution is 2.17. The van der Waals surface area contributed by atoms with Gasteiger partial charge in [-0.25, -0.2) is 0 Å². The Morgan fingerprint density at radius 1 is 1.36 bits per heavy atom. The predicted molar refractivity (Wildman–Crippen MR) is 56.2 cm³/mol. The molecule has 0 bridgehead atoms. The van der Waals surface area contributed by atoms with Gasteiger partial charge in [0.25, 0.3) is 0 Å². The number of aliphatic hydroxyl groups excluding tert-OH is 1. The summed E-state index contributed by atoms with van der Waals surface area (Å²) in [5.74, 6) is 0.833. The maximum atomic E-state index is 9.43. The Labute approximate surface area is 84.5 Å². The first-order valence-electron chi connectivity index (χ1n) is 4.88. The summed E-state index contributed by atoms with van der Waals surface area (Å²) in [6, 6.07) is 7.37. The lowest BCUT2D eigenvalue weighted by Crippen LogP contribution is -2.11. The largest absolute Gasteiger partial charge is 0.494 e. The van der Waals surface area contributed by atoms with Crippen molar-refractivity contribution in [2.75, 3.05) is 13.2 Å². The van der Waals surface area contributed by atoms with Crippen molar-refractivity contribution >= 4 is 0 Å². The van der Waals surface area contributed by atoms with Gasteiger partial charge >= 0.3 is 0 Å². The van der Waals surface area contributed by atoms with Crippen LogP contribution in [0.25, 0.3) is 0 Å². The molecule has 78 valence electrons. The van der Waals surface area contributed by atoms with E-state index in [-0.39, 0.29) is 6.54 Å². The molecule has 1 rings (SSSR count). The number of benzene rings is 1. The van der Waals surface area contributed by atoms with E-state index in [0.717, 1.165) is 24.3 Å². The highest BCUT2D eigenvalue weighted by molar-refractivity contribution is 5.28. The second-order valence-electron chi connectivity index (χ2n) is 3.17. The number of nitrogens with two attached hydrogens (primary N) is 1. The van der Waals surface area contributed by atoms with Crippen LogP contribution >= 0.6 is 0 Å². The molecule has 1 aromatic carbocycles. The third-order valence-corrected chi connectivity index (χ3v) is 1.96. The number of aliphatic hydroxyl groups is 1. The molecule has 0 aliphatic heterocycles. The Morgan fingerprint density at radius 2 is 2.00 bits per heavy atom. The predicted octanol–water partition coefficient (Wildman–Crippen LogP) is 1.47. The van der Waals surface area contributed by atoms with Gasteiger partial charge in [-0.05, 0) is 24.1 Å². The van der Waals surface area contributed by atoms with Gasteiger partial charge in [0.2, 0.25) is 0 Å². The van der Waals surface area contributed by atoms with E-state index in [1.165, 1.54) is 0 Å². The molecule has 0 saturated heterocycles. The minimum Gasteiger partial charge on any atom is -0.494 e. The lowest BCUT2D eigenvalue weighted by Gasteiger charge is -2.09. The molecular weight excluding hydrogens is 178 g/mol. The Kier molecular flexibility index (Phi) is 4.43. The molecule has 0 aliphatic carbocycles. The van der Waals surface area contributed by atoms with E-state index in [2.05, 4.69) is 6.92 Å². The first kappa shape index (κ1) is 11.0. The van der Waals surface area contributed by atoms with Crippen LogP contribution < -0.4 is 10.5 Å². The van der Waals surface area contributed by atoms with Crippen molar-refractivity contribution < 1.29 is 9.84 Å². The summed E-state index contributed by atoms with van der Waals surface area (Å²) in [6.45, 7) is 3.03. The normalized spacial score (nSPS) is 12.5. The van der Waals surface area contributed by atoms with Crippen LogP contribution in [0.5, 0.6) is 5.75 Å². The highest BCUT2D eigenvalue weighted by Gasteiger charge is 2.04. The number of hydrogen-bond donors (Lipinski definition) is 2. The Bertz CT molecular complexity index is 258. The van der Waals surface area contributed by atoms with Gasteiger partial charge in [-0.1, -0.05) is 19.1 Å². The monoisotopic (exact) mass is 195 g/mol. The first-order valence-corrected chi connectivity index (χ1v) is 4.88. The van der Waals surface area contributed by atoms with Gasteiger partial charge in [0.1, 0.15) is 5.75 Å². The van der Waals surface area contributed by atoms with E-state index in [9.17, 15) is 5.11 Å². The van der Waals surface area contributed by atoms with Crippen LogP contribution in [0.3, 0.4) is 0 Å². The molecule has 1 aromatic rings. The fourth-order valence-electron chi connectivity index (χ4n) is 1.14. The lowest BCUT2D eigenvalue weighted by atomic mass is 10.1. The van der Waals surface area contributed by atoms with Gasteiger partial charge in [0.05, 0.1) is 12.7 Å². The van der Waals surface area contributed by atoms with Gasteiger partial charge in [-0.3, -0.25) is 0 Å². The molecule has 14 heavy (non-hydrogen) atoms. The van der Waals surface area contributed by atoms with E-state index in [4.69, 9.17) is 10.5 Å². The summed E-state index contributed by atoms with van der Waals surface area (Å²) in [5.41, 5.74) is 6.17. The Balaban J connectivity index is 2.59. The molecule has 0 aliphatic rings. The average molecular weight is 195 g/mol. The number of rotatable bonds is 5. The highest BCUT2D eigenvalue weighted by atomic mass is 16.5. The van der Waals surface area contributed by atoms with Crippen LogP contribution in [0.2, 0.25) is 0 Å². The van der Waals surface area contributed by atoms with E-state index >= 15 is 0 Å². The standard InChI is InChI=1S/C11H17NO2/c1-2-7-14-10-5-3-9(4-6-10)11(13)8-12/h3-6,11,13H,2,7-8,12H2,1H3. The van der Waals surface area contributed by atoms with Crippen LogP contribution in [-0.2, 0) is 0 Å².